The van der Waals surface area contributed by atoms with Gasteiger partial charge in [0.2, 0.25) is 0 Å². The number of thiazole rings is 1. The zero-order valence-corrected chi connectivity index (χ0v) is 27.7. The largest absolute Gasteiger partial charge is 0.497 e. The number of methoxy groups -OCH3 is 2. The first kappa shape index (κ1) is 32.5. The van der Waals surface area contributed by atoms with Crippen LogP contribution in [0.5, 0.6) is 17.2 Å². The minimum Gasteiger partial charge on any atom is -0.497 e. The number of anilines is 3. The molecular weight excluding hydrogens is 694 g/mol. The summed E-state index contributed by atoms with van der Waals surface area (Å²) >= 11 is 10.9. The highest BCUT2D eigenvalue weighted by Crippen LogP contribution is 2.36. The van der Waals surface area contributed by atoms with Crippen LogP contribution in [0.2, 0.25) is 5.02 Å². The number of hydrazone groups is 1. The minimum atomic E-state index is -0.375. The average Bonchev–Trinajstić information content (AvgIpc) is 3.54. The van der Waals surface area contributed by atoms with Crippen molar-refractivity contribution in [1.82, 2.24) is 10.4 Å². The van der Waals surface area contributed by atoms with Crippen molar-refractivity contribution in [2.45, 2.75) is 0 Å². The van der Waals surface area contributed by atoms with E-state index < -0.39 is 0 Å². The second kappa shape index (κ2) is 15.4. The van der Waals surface area contributed by atoms with E-state index in [1.54, 1.807) is 55.6 Å². The third kappa shape index (κ3) is 8.62. The first-order valence-corrected chi connectivity index (χ1v) is 15.7. The zero-order valence-electron chi connectivity index (χ0n) is 24.5. The molecule has 10 nitrogen and oxygen atoms in total. The minimum absolute atomic E-state index is 0.243. The number of rotatable bonds is 12. The van der Waals surface area contributed by atoms with E-state index in [9.17, 15) is 9.59 Å². The quantitative estimate of drug-likeness (QED) is 0.0889. The lowest BCUT2D eigenvalue weighted by Gasteiger charge is -2.13. The van der Waals surface area contributed by atoms with Gasteiger partial charge in [-0.05, 0) is 94.3 Å². The molecule has 1 heterocycles. The maximum Gasteiger partial charge on any atom is 0.271 e. The fourth-order valence-corrected chi connectivity index (χ4v) is 5.55. The number of carbonyl (C=O) groups is 2. The van der Waals surface area contributed by atoms with Crippen molar-refractivity contribution in [3.05, 3.63) is 111 Å². The summed E-state index contributed by atoms with van der Waals surface area (Å²) in [7, 11) is 3.06. The van der Waals surface area contributed by atoms with Crippen molar-refractivity contribution in [2.75, 3.05) is 31.5 Å². The summed E-state index contributed by atoms with van der Waals surface area (Å²) in [6, 6.07) is 24.8. The van der Waals surface area contributed by atoms with E-state index in [1.165, 1.54) is 24.7 Å². The smallest absolute Gasteiger partial charge is 0.271 e. The SMILES string of the molecule is COc1ccc(NC(=O)COc2c(Br)cc(/C=N\NC(=O)c3ccc(-c4csc(Nc5ccc(Cl)cc5)n4)cc3)cc2OC)cc1. The number of carbonyl (C=O) groups excluding carboxylic acids is 2. The molecule has 0 aliphatic heterocycles. The molecule has 0 atom stereocenters. The number of ether oxygens (including phenoxy) is 3. The molecule has 4 aromatic carbocycles. The van der Waals surface area contributed by atoms with E-state index in [0.717, 1.165) is 22.1 Å². The molecule has 0 fully saturated rings. The van der Waals surface area contributed by atoms with Crippen LogP contribution in [-0.2, 0) is 4.79 Å². The Morgan fingerprint density at radius 1 is 0.957 bits per heavy atom. The lowest BCUT2D eigenvalue weighted by Crippen LogP contribution is -2.20. The fourth-order valence-electron chi connectivity index (χ4n) is 4.11. The number of nitrogens with one attached hydrogen (secondary N) is 3. The Bertz CT molecular complexity index is 1850. The molecule has 0 bridgehead atoms. The van der Waals surface area contributed by atoms with Gasteiger partial charge in [0.25, 0.3) is 11.8 Å². The molecule has 5 aromatic rings. The van der Waals surface area contributed by atoms with Gasteiger partial charge in [0, 0.05) is 32.9 Å². The van der Waals surface area contributed by atoms with Crippen LogP contribution in [0.15, 0.2) is 99.9 Å². The van der Waals surface area contributed by atoms with Crippen LogP contribution >= 0.6 is 38.9 Å². The first-order chi connectivity index (χ1) is 22.3. The molecule has 0 unspecified atom stereocenters. The molecule has 0 aliphatic carbocycles. The van der Waals surface area contributed by atoms with Crippen molar-refractivity contribution in [3.63, 3.8) is 0 Å². The third-order valence-corrected chi connectivity index (χ3v) is 7.99. The molecule has 0 spiro atoms. The Hall–Kier alpha value is -4.91. The Morgan fingerprint density at radius 2 is 1.67 bits per heavy atom. The second-order valence-corrected chi connectivity index (χ2v) is 11.7. The van der Waals surface area contributed by atoms with Gasteiger partial charge in [-0.25, -0.2) is 10.4 Å². The van der Waals surface area contributed by atoms with Crippen molar-refractivity contribution in [1.29, 1.82) is 0 Å². The Balaban J connectivity index is 1.15. The number of hydrogen-bond acceptors (Lipinski definition) is 9. The third-order valence-electron chi connectivity index (χ3n) is 6.40. The van der Waals surface area contributed by atoms with E-state index in [1.807, 2.05) is 41.8 Å². The van der Waals surface area contributed by atoms with Crippen LogP contribution in [0.4, 0.5) is 16.5 Å². The molecule has 0 saturated carbocycles. The van der Waals surface area contributed by atoms with Crippen LogP contribution in [0.3, 0.4) is 0 Å². The highest BCUT2D eigenvalue weighted by atomic mass is 79.9. The van der Waals surface area contributed by atoms with E-state index in [-0.39, 0.29) is 18.4 Å². The summed E-state index contributed by atoms with van der Waals surface area (Å²) in [5, 5.41) is 13.4. The zero-order chi connectivity index (χ0) is 32.5. The predicted octanol–water partition coefficient (Wildman–Crippen LogP) is 7.77. The summed E-state index contributed by atoms with van der Waals surface area (Å²) in [5.41, 5.74) is 6.76. The van der Waals surface area contributed by atoms with Gasteiger partial charge in [0.1, 0.15) is 5.75 Å². The molecule has 46 heavy (non-hydrogen) atoms. The Kier molecular flexibility index (Phi) is 10.9. The summed E-state index contributed by atoms with van der Waals surface area (Å²) in [4.78, 5) is 29.8. The maximum absolute atomic E-state index is 12.7. The summed E-state index contributed by atoms with van der Waals surface area (Å²) in [5.74, 6) is 0.694. The van der Waals surface area contributed by atoms with Gasteiger partial charge in [-0.3, -0.25) is 9.59 Å². The predicted molar refractivity (Wildman–Crippen MR) is 185 cm³/mol. The van der Waals surface area contributed by atoms with Crippen molar-refractivity contribution in [3.8, 4) is 28.5 Å². The lowest BCUT2D eigenvalue weighted by molar-refractivity contribution is -0.118. The van der Waals surface area contributed by atoms with E-state index in [0.29, 0.717) is 43.6 Å². The van der Waals surface area contributed by atoms with Gasteiger partial charge in [0.15, 0.2) is 23.2 Å². The second-order valence-electron chi connectivity index (χ2n) is 9.55. The summed E-state index contributed by atoms with van der Waals surface area (Å²) in [6.07, 6.45) is 1.48. The molecule has 1 aromatic heterocycles. The van der Waals surface area contributed by atoms with Gasteiger partial charge in [-0.1, -0.05) is 23.7 Å². The molecule has 0 saturated heterocycles. The standard InChI is InChI=1S/C33H27BrClN5O5S/c1-43-26-13-11-24(12-14-26)37-30(41)18-45-31-27(34)15-20(16-29(31)44-2)17-36-40-32(42)22-5-3-21(4-6-22)28-19-46-33(39-28)38-25-9-7-23(35)8-10-25/h3-17,19H,18H2,1-2H3,(H,37,41)(H,38,39)(H,40,42)/b36-17-. The van der Waals surface area contributed by atoms with Crippen LogP contribution in [-0.4, -0.2) is 43.8 Å². The Labute approximate surface area is 282 Å². The molecule has 13 heteroatoms. The number of aromatic nitrogens is 1. The monoisotopic (exact) mass is 719 g/mol. The van der Waals surface area contributed by atoms with Crippen molar-refractivity contribution < 1.29 is 23.8 Å². The van der Waals surface area contributed by atoms with Crippen LogP contribution in [0.1, 0.15) is 15.9 Å². The maximum atomic E-state index is 12.7. The topological polar surface area (TPSA) is 123 Å². The van der Waals surface area contributed by atoms with Gasteiger partial charge < -0.3 is 24.8 Å². The van der Waals surface area contributed by atoms with E-state index in [4.69, 9.17) is 25.8 Å². The summed E-state index contributed by atoms with van der Waals surface area (Å²) in [6.45, 7) is -0.243. The molecule has 3 N–H and O–H groups in total. The van der Waals surface area contributed by atoms with Crippen molar-refractivity contribution in [2.24, 2.45) is 5.10 Å². The normalized spacial score (nSPS) is 10.8. The van der Waals surface area contributed by atoms with Gasteiger partial charge >= 0.3 is 0 Å². The number of amides is 2. The molecule has 2 amide bonds. The number of benzene rings is 4. The lowest BCUT2D eigenvalue weighted by atomic mass is 10.1. The van der Waals surface area contributed by atoms with E-state index >= 15 is 0 Å². The van der Waals surface area contributed by atoms with Crippen LogP contribution < -0.4 is 30.3 Å². The highest BCUT2D eigenvalue weighted by Gasteiger charge is 2.14. The van der Waals surface area contributed by atoms with Crippen LogP contribution in [0.25, 0.3) is 11.3 Å². The van der Waals surface area contributed by atoms with Gasteiger partial charge in [-0.15, -0.1) is 11.3 Å². The van der Waals surface area contributed by atoms with Crippen LogP contribution in [0, 0.1) is 0 Å². The highest BCUT2D eigenvalue weighted by molar-refractivity contribution is 9.10. The fraction of sp³-hybridized carbons (Fsp3) is 0.0909. The average molecular weight is 721 g/mol. The molecule has 0 radical (unpaired) electrons. The van der Waals surface area contributed by atoms with Gasteiger partial charge in [-0.2, -0.15) is 5.10 Å². The number of nitrogens with zero attached hydrogens (tertiary/aromatic N) is 2. The molecule has 0 aliphatic rings. The molecule has 234 valence electrons. The summed E-state index contributed by atoms with van der Waals surface area (Å²) < 4.78 is 16.9. The molecule has 5 rings (SSSR count). The number of hydrogen-bond donors (Lipinski definition) is 3. The first-order valence-electron chi connectivity index (χ1n) is 13.7. The van der Waals surface area contributed by atoms with Crippen molar-refractivity contribution >= 4 is 73.4 Å². The van der Waals surface area contributed by atoms with E-state index in [2.05, 4.69) is 42.1 Å². The number of halogens is 2. The Morgan fingerprint density at radius 3 is 2.37 bits per heavy atom. The molecular formula is C33H27BrClN5O5S. The van der Waals surface area contributed by atoms with Gasteiger partial charge in [0.05, 0.1) is 30.6 Å².